The van der Waals surface area contributed by atoms with Crippen LogP contribution >= 0.6 is 10.0 Å². The Morgan fingerprint density at radius 1 is 0.806 bits per heavy atom. The highest BCUT2D eigenvalue weighted by Crippen LogP contribution is 2.70. The van der Waals surface area contributed by atoms with Gasteiger partial charge in [-0.15, -0.1) is 0 Å². The number of hydrogen-bond donors (Lipinski definition) is 0. The fraction of sp³-hybridized carbons (Fsp3) is 0.586. The highest BCUT2D eigenvalue weighted by molar-refractivity contribution is 8.34. The van der Waals surface area contributed by atoms with E-state index in [1.54, 1.807) is 11.1 Å². The van der Waals surface area contributed by atoms with Crippen LogP contribution in [-0.4, -0.2) is 29.5 Å². The summed E-state index contributed by atoms with van der Waals surface area (Å²) >= 11 is 0. The Balaban J connectivity index is 1.49. The SMILES string of the molecule is CC(C)(C)OCCCCCCS(C)(C1CCCC1)C1c2ccccc2-c2ccccc21. The van der Waals surface area contributed by atoms with Gasteiger partial charge in [-0.2, -0.15) is 0 Å². The fourth-order valence-corrected chi connectivity index (χ4v) is 10.6. The van der Waals surface area contributed by atoms with Gasteiger partial charge in [0.15, 0.2) is 0 Å². The van der Waals surface area contributed by atoms with Gasteiger partial charge in [0.25, 0.3) is 0 Å². The molecule has 1 saturated carbocycles. The number of fused-ring (bicyclic) bond motifs is 3. The minimum atomic E-state index is -0.770. The van der Waals surface area contributed by atoms with Crippen molar-refractivity contribution in [2.24, 2.45) is 0 Å². The maximum absolute atomic E-state index is 5.92. The summed E-state index contributed by atoms with van der Waals surface area (Å²) in [6.07, 6.45) is 13.7. The van der Waals surface area contributed by atoms with Crippen molar-refractivity contribution in [2.45, 2.75) is 88.2 Å². The average molecular weight is 439 g/mol. The molecule has 2 aliphatic rings. The van der Waals surface area contributed by atoms with Gasteiger partial charge in [-0.3, -0.25) is 0 Å². The van der Waals surface area contributed by atoms with Crippen molar-refractivity contribution in [3.8, 4) is 11.1 Å². The first-order chi connectivity index (χ1) is 14.9. The standard InChI is InChI=1S/C29H42OS/c1-29(2,3)30-21-13-5-6-14-22-31(4,23-15-7-8-16-23)28-26-19-11-9-17-24(26)25-18-10-12-20-27(25)28/h9-12,17-20,23,28H,5-8,13-16,21-22H2,1-4H3. The summed E-state index contributed by atoms with van der Waals surface area (Å²) in [5.41, 5.74) is 6.23. The Morgan fingerprint density at radius 2 is 1.35 bits per heavy atom. The lowest BCUT2D eigenvalue weighted by molar-refractivity contribution is -0.00470. The highest BCUT2D eigenvalue weighted by atomic mass is 32.3. The van der Waals surface area contributed by atoms with E-state index in [1.165, 1.54) is 68.2 Å². The van der Waals surface area contributed by atoms with Crippen LogP contribution in [0.3, 0.4) is 0 Å². The second kappa shape index (κ2) is 9.71. The number of unbranched alkanes of at least 4 members (excludes halogenated alkanes) is 3. The minimum absolute atomic E-state index is 0.00551. The third kappa shape index (κ3) is 5.06. The summed E-state index contributed by atoms with van der Waals surface area (Å²) in [6, 6.07) is 18.6. The lowest BCUT2D eigenvalue weighted by Gasteiger charge is -2.48. The monoisotopic (exact) mass is 438 g/mol. The van der Waals surface area contributed by atoms with E-state index in [9.17, 15) is 0 Å². The molecule has 0 aromatic heterocycles. The van der Waals surface area contributed by atoms with Crippen LogP contribution in [0.2, 0.25) is 0 Å². The van der Waals surface area contributed by atoms with Gasteiger partial charge >= 0.3 is 0 Å². The van der Waals surface area contributed by atoms with Crippen LogP contribution in [0.4, 0.5) is 0 Å². The van der Waals surface area contributed by atoms with E-state index in [0.29, 0.717) is 5.25 Å². The molecular weight excluding hydrogens is 396 g/mol. The number of hydrogen-bond acceptors (Lipinski definition) is 1. The zero-order chi connectivity index (χ0) is 21.9. The molecule has 4 rings (SSSR count). The second-order valence-electron chi connectivity index (χ2n) is 10.8. The molecule has 2 aliphatic carbocycles. The normalized spacial score (nSPS) is 19.7. The molecule has 0 aliphatic heterocycles. The molecule has 0 spiro atoms. The predicted octanol–water partition coefficient (Wildman–Crippen LogP) is 8.51. The van der Waals surface area contributed by atoms with Crippen molar-refractivity contribution in [1.29, 1.82) is 0 Å². The van der Waals surface area contributed by atoms with Crippen molar-refractivity contribution in [2.75, 3.05) is 18.6 Å². The molecule has 170 valence electrons. The van der Waals surface area contributed by atoms with Crippen molar-refractivity contribution in [3.63, 3.8) is 0 Å². The maximum atomic E-state index is 5.92. The van der Waals surface area contributed by atoms with Gasteiger partial charge in [0.05, 0.1) is 5.60 Å². The zero-order valence-electron chi connectivity index (χ0n) is 20.2. The summed E-state index contributed by atoms with van der Waals surface area (Å²) in [4.78, 5) is 0. The zero-order valence-corrected chi connectivity index (χ0v) is 21.0. The van der Waals surface area contributed by atoms with E-state index in [4.69, 9.17) is 4.74 Å². The lowest BCUT2D eigenvalue weighted by Crippen LogP contribution is -2.24. The van der Waals surface area contributed by atoms with Gasteiger partial charge in [-0.25, -0.2) is 10.0 Å². The minimum Gasteiger partial charge on any atom is -0.376 e. The van der Waals surface area contributed by atoms with E-state index in [2.05, 4.69) is 75.6 Å². The van der Waals surface area contributed by atoms with E-state index >= 15 is 0 Å². The van der Waals surface area contributed by atoms with Gasteiger partial charge in [0.2, 0.25) is 0 Å². The van der Waals surface area contributed by atoms with Gasteiger partial charge in [0.1, 0.15) is 0 Å². The summed E-state index contributed by atoms with van der Waals surface area (Å²) < 4.78 is 5.92. The molecule has 0 amide bonds. The molecule has 2 heteroatoms. The van der Waals surface area contributed by atoms with Crippen LogP contribution in [0.25, 0.3) is 11.1 Å². The maximum Gasteiger partial charge on any atom is 0.0598 e. The van der Waals surface area contributed by atoms with Crippen LogP contribution in [0.15, 0.2) is 48.5 Å². The Bertz CT molecular complexity index is 816. The van der Waals surface area contributed by atoms with Crippen LogP contribution in [-0.2, 0) is 4.74 Å². The topological polar surface area (TPSA) is 9.23 Å². The molecule has 0 radical (unpaired) electrons. The lowest BCUT2D eigenvalue weighted by atomic mass is 10.1. The van der Waals surface area contributed by atoms with E-state index in [-0.39, 0.29) is 5.60 Å². The molecule has 0 saturated heterocycles. The smallest absolute Gasteiger partial charge is 0.0598 e. The van der Waals surface area contributed by atoms with Crippen LogP contribution in [0.5, 0.6) is 0 Å². The Kier molecular flexibility index (Phi) is 7.18. The number of ether oxygens (including phenoxy) is 1. The average Bonchev–Trinajstić information content (AvgIpc) is 3.39. The molecular formula is C29H42OS. The third-order valence-corrected chi connectivity index (χ3v) is 12.1. The predicted molar refractivity (Wildman–Crippen MR) is 139 cm³/mol. The quantitative estimate of drug-likeness (QED) is 0.356. The van der Waals surface area contributed by atoms with Crippen LogP contribution in [0, 0.1) is 0 Å². The molecule has 0 bridgehead atoms. The van der Waals surface area contributed by atoms with E-state index < -0.39 is 10.0 Å². The Hall–Kier alpha value is -1.25. The first-order valence-electron chi connectivity index (χ1n) is 12.5. The summed E-state index contributed by atoms with van der Waals surface area (Å²) in [7, 11) is -0.770. The van der Waals surface area contributed by atoms with Gasteiger partial charge < -0.3 is 4.74 Å². The molecule has 1 fully saturated rings. The summed E-state index contributed by atoms with van der Waals surface area (Å²) in [6.45, 7) is 7.36. The van der Waals surface area contributed by atoms with Crippen molar-refractivity contribution in [3.05, 3.63) is 59.7 Å². The number of benzene rings is 2. The Labute approximate surface area is 192 Å². The summed E-state index contributed by atoms with van der Waals surface area (Å²) in [5, 5.41) is 1.56. The van der Waals surface area contributed by atoms with Crippen LogP contribution in [0.1, 0.15) is 88.5 Å². The van der Waals surface area contributed by atoms with Gasteiger partial charge in [0, 0.05) is 11.9 Å². The molecule has 2 aromatic carbocycles. The first-order valence-corrected chi connectivity index (χ1v) is 14.8. The summed E-state index contributed by atoms with van der Waals surface area (Å²) in [5.74, 6) is 1.42. The van der Waals surface area contributed by atoms with Crippen molar-refractivity contribution in [1.82, 2.24) is 0 Å². The molecule has 1 unspecified atom stereocenters. The highest BCUT2D eigenvalue weighted by Gasteiger charge is 2.43. The molecule has 1 nitrogen and oxygen atoms in total. The third-order valence-electron chi connectivity index (χ3n) is 7.39. The molecule has 31 heavy (non-hydrogen) atoms. The molecule has 2 aromatic rings. The first kappa shape index (κ1) is 22.9. The van der Waals surface area contributed by atoms with E-state index in [0.717, 1.165) is 11.9 Å². The van der Waals surface area contributed by atoms with E-state index in [1.807, 2.05) is 0 Å². The van der Waals surface area contributed by atoms with Gasteiger partial charge in [-0.1, -0.05) is 74.2 Å². The Morgan fingerprint density at radius 3 is 1.94 bits per heavy atom. The molecule has 0 N–H and O–H groups in total. The van der Waals surface area contributed by atoms with Crippen molar-refractivity contribution < 1.29 is 4.74 Å². The number of rotatable bonds is 9. The largest absolute Gasteiger partial charge is 0.376 e. The van der Waals surface area contributed by atoms with Crippen LogP contribution < -0.4 is 0 Å². The van der Waals surface area contributed by atoms with Crippen molar-refractivity contribution >= 4 is 10.0 Å². The van der Waals surface area contributed by atoms with Gasteiger partial charge in [-0.05, 0) is 86.0 Å². The second-order valence-corrected chi connectivity index (χ2v) is 14.8. The molecule has 0 heterocycles. The molecule has 1 atom stereocenters. The fourth-order valence-electron chi connectivity index (χ4n) is 5.84.